The number of ether oxygens (including phenoxy) is 2. The van der Waals surface area contributed by atoms with E-state index in [-0.39, 0.29) is 17.6 Å². The maximum atomic E-state index is 12.2. The zero-order valence-corrected chi connectivity index (χ0v) is 18.1. The molecule has 0 saturated heterocycles. The van der Waals surface area contributed by atoms with Crippen LogP contribution in [0.1, 0.15) is 12.5 Å². The normalized spacial score (nSPS) is 11.1. The van der Waals surface area contributed by atoms with E-state index in [1.807, 2.05) is 31.2 Å². The number of nitrogens with one attached hydrogen (secondary N) is 2. The van der Waals surface area contributed by atoms with Crippen LogP contribution in [-0.4, -0.2) is 46.5 Å². The van der Waals surface area contributed by atoms with Crippen LogP contribution < -0.4 is 26.1 Å². The van der Waals surface area contributed by atoms with Gasteiger partial charge in [0.2, 0.25) is 11.1 Å². The molecule has 3 aromatic rings. The van der Waals surface area contributed by atoms with Gasteiger partial charge in [-0.05, 0) is 48.9 Å². The molecule has 0 unspecified atom stereocenters. The van der Waals surface area contributed by atoms with Crippen LogP contribution >= 0.6 is 11.8 Å². The van der Waals surface area contributed by atoms with Crippen molar-refractivity contribution in [2.24, 2.45) is 5.10 Å². The molecule has 2 aromatic carbocycles. The Hall–Kier alpha value is -3.73. The van der Waals surface area contributed by atoms with Crippen LogP contribution in [0.3, 0.4) is 0 Å². The van der Waals surface area contributed by atoms with E-state index < -0.39 is 0 Å². The average Bonchev–Trinajstić information content (AvgIpc) is 3.15. The third-order valence-corrected chi connectivity index (χ3v) is 5.12. The zero-order chi connectivity index (χ0) is 22.2. The van der Waals surface area contributed by atoms with Crippen molar-refractivity contribution in [3.05, 3.63) is 54.1 Å². The fourth-order valence-electron chi connectivity index (χ4n) is 2.51. The number of hydrogen-bond donors (Lipinski definition) is 3. The Morgan fingerprint density at radius 3 is 2.58 bits per heavy atom. The predicted molar refractivity (Wildman–Crippen MR) is 121 cm³/mol. The summed E-state index contributed by atoms with van der Waals surface area (Å²) in [4.78, 5) is 12.2. The standard InChI is InChI=1S/C20H23N7O3S/c1-13(14-7-9-16(29-2)10-8-14)23-24-19-25-26-20(27(19)21)31-12-18(28)22-15-5-4-6-17(11-15)30-3/h4-11H,12,21H2,1-3H3,(H,22,28)(H,24,25)/b23-13+. The van der Waals surface area contributed by atoms with E-state index >= 15 is 0 Å². The number of amides is 1. The van der Waals surface area contributed by atoms with Crippen molar-refractivity contribution >= 4 is 35.0 Å². The average molecular weight is 442 g/mol. The summed E-state index contributed by atoms with van der Waals surface area (Å²) in [6, 6.07) is 14.6. The number of hydrazone groups is 1. The lowest BCUT2D eigenvalue weighted by Crippen LogP contribution is -2.17. The second-order valence-electron chi connectivity index (χ2n) is 6.28. The molecule has 0 saturated carbocycles. The Morgan fingerprint density at radius 1 is 1.13 bits per heavy atom. The van der Waals surface area contributed by atoms with Gasteiger partial charge >= 0.3 is 0 Å². The van der Waals surface area contributed by atoms with E-state index in [4.69, 9.17) is 15.3 Å². The molecular weight excluding hydrogens is 418 g/mol. The van der Waals surface area contributed by atoms with Gasteiger partial charge in [0.05, 0.1) is 25.7 Å². The molecule has 0 aliphatic rings. The quantitative estimate of drug-likeness (QED) is 0.200. The maximum absolute atomic E-state index is 12.2. The lowest BCUT2D eigenvalue weighted by atomic mass is 10.1. The highest BCUT2D eigenvalue weighted by Gasteiger charge is 2.12. The Kier molecular flexibility index (Phi) is 7.33. The molecule has 3 rings (SSSR count). The van der Waals surface area contributed by atoms with E-state index in [9.17, 15) is 4.79 Å². The van der Waals surface area contributed by atoms with E-state index in [1.54, 1.807) is 38.5 Å². The fraction of sp³-hybridized carbons (Fsp3) is 0.200. The number of nitrogen functional groups attached to an aromatic ring is 1. The van der Waals surface area contributed by atoms with Gasteiger partial charge in [-0.15, -0.1) is 10.2 Å². The van der Waals surface area contributed by atoms with Gasteiger partial charge in [0, 0.05) is 11.8 Å². The smallest absolute Gasteiger partial charge is 0.264 e. The van der Waals surface area contributed by atoms with Crippen LogP contribution in [0.2, 0.25) is 0 Å². The summed E-state index contributed by atoms with van der Waals surface area (Å²) < 4.78 is 11.5. The third kappa shape index (κ3) is 5.89. The molecule has 11 heteroatoms. The molecular formula is C20H23N7O3S. The molecule has 1 amide bonds. The Morgan fingerprint density at radius 2 is 1.87 bits per heavy atom. The fourth-order valence-corrected chi connectivity index (χ4v) is 3.17. The summed E-state index contributed by atoms with van der Waals surface area (Å²) in [7, 11) is 3.18. The number of carbonyl (C=O) groups excluding carboxylic acids is 1. The van der Waals surface area contributed by atoms with Crippen molar-refractivity contribution in [1.29, 1.82) is 0 Å². The van der Waals surface area contributed by atoms with Crippen molar-refractivity contribution < 1.29 is 14.3 Å². The first-order valence-electron chi connectivity index (χ1n) is 9.22. The van der Waals surface area contributed by atoms with Gasteiger partial charge in [0.25, 0.3) is 5.95 Å². The van der Waals surface area contributed by atoms with Gasteiger partial charge < -0.3 is 20.6 Å². The number of nitrogens with zero attached hydrogens (tertiary/aromatic N) is 4. The van der Waals surface area contributed by atoms with Crippen molar-refractivity contribution in [3.63, 3.8) is 0 Å². The number of rotatable bonds is 9. The molecule has 1 heterocycles. The number of carbonyl (C=O) groups is 1. The maximum Gasteiger partial charge on any atom is 0.264 e. The first-order valence-corrected chi connectivity index (χ1v) is 10.2. The topological polar surface area (TPSA) is 129 Å². The van der Waals surface area contributed by atoms with Crippen molar-refractivity contribution in [1.82, 2.24) is 14.9 Å². The summed E-state index contributed by atoms with van der Waals surface area (Å²) in [6.07, 6.45) is 0. The Labute approximate surface area is 183 Å². The second-order valence-corrected chi connectivity index (χ2v) is 7.23. The van der Waals surface area contributed by atoms with Crippen LogP contribution in [-0.2, 0) is 4.79 Å². The number of aromatic nitrogens is 3. The van der Waals surface area contributed by atoms with Crippen LogP contribution in [0.4, 0.5) is 11.6 Å². The van der Waals surface area contributed by atoms with Gasteiger partial charge in [0.15, 0.2) is 0 Å². The molecule has 1 aromatic heterocycles. The lowest BCUT2D eigenvalue weighted by molar-refractivity contribution is -0.113. The van der Waals surface area contributed by atoms with Crippen LogP contribution in [0.15, 0.2) is 58.8 Å². The monoisotopic (exact) mass is 441 g/mol. The van der Waals surface area contributed by atoms with Gasteiger partial charge in [0.1, 0.15) is 11.5 Å². The first kappa shape index (κ1) is 22.0. The van der Waals surface area contributed by atoms with Gasteiger partial charge in [-0.25, -0.2) is 10.1 Å². The molecule has 0 radical (unpaired) electrons. The molecule has 0 bridgehead atoms. The van der Waals surface area contributed by atoms with Crippen molar-refractivity contribution in [2.75, 3.05) is 36.6 Å². The van der Waals surface area contributed by atoms with Crippen LogP contribution in [0.5, 0.6) is 11.5 Å². The molecule has 0 fully saturated rings. The van der Waals surface area contributed by atoms with Crippen molar-refractivity contribution in [2.45, 2.75) is 12.1 Å². The van der Waals surface area contributed by atoms with Crippen molar-refractivity contribution in [3.8, 4) is 11.5 Å². The minimum absolute atomic E-state index is 0.112. The highest BCUT2D eigenvalue weighted by Crippen LogP contribution is 2.20. The number of anilines is 2. The van der Waals surface area contributed by atoms with Gasteiger partial charge in [-0.1, -0.05) is 17.8 Å². The number of benzene rings is 2. The molecule has 31 heavy (non-hydrogen) atoms. The number of hydrogen-bond acceptors (Lipinski definition) is 9. The molecule has 10 nitrogen and oxygen atoms in total. The summed E-state index contributed by atoms with van der Waals surface area (Å²) >= 11 is 1.16. The third-order valence-electron chi connectivity index (χ3n) is 4.18. The Balaban J connectivity index is 1.56. The van der Waals surface area contributed by atoms with Crippen LogP contribution in [0, 0.1) is 0 Å². The Bertz CT molecular complexity index is 1070. The predicted octanol–water partition coefficient (Wildman–Crippen LogP) is 2.58. The van der Waals surface area contributed by atoms with E-state index in [0.717, 1.165) is 28.8 Å². The highest BCUT2D eigenvalue weighted by molar-refractivity contribution is 7.99. The first-order chi connectivity index (χ1) is 15.0. The lowest BCUT2D eigenvalue weighted by Gasteiger charge is -2.07. The number of thioether (sulfide) groups is 1. The zero-order valence-electron chi connectivity index (χ0n) is 17.3. The minimum atomic E-state index is -0.205. The van der Waals surface area contributed by atoms with E-state index in [1.165, 1.54) is 4.68 Å². The van der Waals surface area contributed by atoms with Crippen LogP contribution in [0.25, 0.3) is 0 Å². The molecule has 162 valence electrons. The summed E-state index contributed by atoms with van der Waals surface area (Å²) in [5.74, 6) is 7.61. The largest absolute Gasteiger partial charge is 0.497 e. The molecule has 4 N–H and O–H groups in total. The minimum Gasteiger partial charge on any atom is -0.497 e. The van der Waals surface area contributed by atoms with E-state index in [2.05, 4.69) is 26.0 Å². The van der Waals surface area contributed by atoms with E-state index in [0.29, 0.717) is 16.6 Å². The molecule has 0 aliphatic heterocycles. The molecule has 0 atom stereocenters. The molecule has 0 aliphatic carbocycles. The summed E-state index contributed by atoms with van der Waals surface area (Å²) in [5, 5.41) is 15.4. The van der Waals surface area contributed by atoms with Gasteiger partial charge in [-0.3, -0.25) is 4.79 Å². The summed E-state index contributed by atoms with van der Waals surface area (Å²) in [5.41, 5.74) is 5.09. The SMILES string of the molecule is COc1ccc(/C(C)=N/Nc2nnc(SCC(=O)Nc3cccc(OC)c3)n2N)cc1. The molecule has 0 spiro atoms. The van der Waals surface area contributed by atoms with Gasteiger partial charge in [-0.2, -0.15) is 5.10 Å². The number of nitrogens with two attached hydrogens (primary N) is 1. The second kappa shape index (κ2) is 10.3. The summed E-state index contributed by atoms with van der Waals surface area (Å²) in [6.45, 7) is 1.85. The number of methoxy groups -OCH3 is 2. The highest BCUT2D eigenvalue weighted by atomic mass is 32.2.